The SMILES string of the molecule is CCOC(=O)[C@@H](C)N1[C@H](C)[C@H](c2ccccc2)Oc2cc(Br)ccc2S1(=O)=O. The molecule has 1 aliphatic rings. The second-order valence-electron chi connectivity index (χ2n) is 6.54. The van der Waals surface area contributed by atoms with Gasteiger partial charge in [0, 0.05) is 4.47 Å². The van der Waals surface area contributed by atoms with Gasteiger partial charge in [-0.05, 0) is 44.5 Å². The Hall–Kier alpha value is -1.90. The Balaban J connectivity index is 2.19. The van der Waals surface area contributed by atoms with Crippen LogP contribution >= 0.6 is 15.9 Å². The van der Waals surface area contributed by atoms with Crippen molar-refractivity contribution in [2.45, 2.75) is 43.9 Å². The van der Waals surface area contributed by atoms with Crippen molar-refractivity contribution in [3.8, 4) is 5.75 Å². The summed E-state index contributed by atoms with van der Waals surface area (Å²) >= 11 is 3.37. The fourth-order valence-electron chi connectivity index (χ4n) is 3.41. The van der Waals surface area contributed by atoms with Crippen LogP contribution in [0.1, 0.15) is 32.4 Å². The summed E-state index contributed by atoms with van der Waals surface area (Å²) in [6.45, 7) is 5.14. The lowest BCUT2D eigenvalue weighted by Gasteiger charge is -2.33. The van der Waals surface area contributed by atoms with E-state index in [9.17, 15) is 13.2 Å². The molecule has 2 aromatic carbocycles. The molecular formula is C20H22BrNO5S. The summed E-state index contributed by atoms with van der Waals surface area (Å²) in [5, 5.41) is 0. The lowest BCUT2D eigenvalue weighted by Crippen LogP contribution is -2.50. The van der Waals surface area contributed by atoms with Gasteiger partial charge in [-0.15, -0.1) is 0 Å². The van der Waals surface area contributed by atoms with Gasteiger partial charge in [0.2, 0.25) is 10.0 Å². The quantitative estimate of drug-likeness (QED) is 0.637. The van der Waals surface area contributed by atoms with Crippen LogP contribution in [0.25, 0.3) is 0 Å². The van der Waals surface area contributed by atoms with Gasteiger partial charge < -0.3 is 9.47 Å². The van der Waals surface area contributed by atoms with Crippen molar-refractivity contribution >= 4 is 31.9 Å². The number of carbonyl (C=O) groups excluding carboxylic acids is 1. The number of carbonyl (C=O) groups is 1. The zero-order valence-electron chi connectivity index (χ0n) is 15.8. The molecule has 6 nitrogen and oxygen atoms in total. The number of sulfonamides is 1. The Morgan fingerprint density at radius 2 is 1.93 bits per heavy atom. The molecule has 0 saturated carbocycles. The van der Waals surface area contributed by atoms with Gasteiger partial charge in [0.1, 0.15) is 22.8 Å². The van der Waals surface area contributed by atoms with E-state index >= 15 is 0 Å². The van der Waals surface area contributed by atoms with E-state index in [1.165, 1.54) is 17.3 Å². The van der Waals surface area contributed by atoms with E-state index < -0.39 is 34.2 Å². The Labute approximate surface area is 173 Å². The number of fused-ring (bicyclic) bond motifs is 1. The summed E-state index contributed by atoms with van der Waals surface area (Å²) in [4.78, 5) is 12.4. The minimum atomic E-state index is -4.00. The van der Waals surface area contributed by atoms with Crippen LogP contribution in [0.15, 0.2) is 57.9 Å². The highest BCUT2D eigenvalue weighted by atomic mass is 79.9. The average Bonchev–Trinajstić information content (AvgIpc) is 2.74. The number of nitrogens with zero attached hydrogens (tertiary/aromatic N) is 1. The molecule has 8 heteroatoms. The molecule has 0 spiro atoms. The van der Waals surface area contributed by atoms with Crippen molar-refractivity contribution in [3.05, 3.63) is 58.6 Å². The third-order valence-corrected chi connectivity index (χ3v) is 7.28. The number of esters is 1. The third-order valence-electron chi connectivity index (χ3n) is 4.69. The second-order valence-corrected chi connectivity index (χ2v) is 9.27. The maximum atomic E-state index is 13.5. The van der Waals surface area contributed by atoms with E-state index in [0.29, 0.717) is 4.47 Å². The second kappa shape index (κ2) is 8.23. The van der Waals surface area contributed by atoms with Crippen molar-refractivity contribution in [1.29, 1.82) is 0 Å². The summed E-state index contributed by atoms with van der Waals surface area (Å²) in [5.41, 5.74) is 0.819. The Morgan fingerprint density at radius 1 is 1.25 bits per heavy atom. The molecule has 0 radical (unpaired) electrons. The fraction of sp³-hybridized carbons (Fsp3) is 0.350. The molecule has 0 fully saturated rings. The molecule has 28 heavy (non-hydrogen) atoms. The van der Waals surface area contributed by atoms with E-state index in [4.69, 9.17) is 9.47 Å². The molecule has 3 atom stereocenters. The predicted molar refractivity (Wildman–Crippen MR) is 109 cm³/mol. The van der Waals surface area contributed by atoms with Crippen molar-refractivity contribution in [2.75, 3.05) is 6.61 Å². The van der Waals surface area contributed by atoms with Crippen LogP contribution in [0.3, 0.4) is 0 Å². The van der Waals surface area contributed by atoms with Crippen LogP contribution in [0.5, 0.6) is 5.75 Å². The maximum absolute atomic E-state index is 13.5. The summed E-state index contributed by atoms with van der Waals surface area (Å²) in [6.07, 6.45) is -0.594. The molecule has 3 rings (SSSR count). The number of halogens is 1. The Morgan fingerprint density at radius 3 is 2.57 bits per heavy atom. The maximum Gasteiger partial charge on any atom is 0.324 e. The van der Waals surface area contributed by atoms with E-state index in [0.717, 1.165) is 5.56 Å². The zero-order valence-corrected chi connectivity index (χ0v) is 18.2. The van der Waals surface area contributed by atoms with Crippen LogP contribution in [0, 0.1) is 0 Å². The standard InChI is InChI=1S/C20H22BrNO5S/c1-4-26-20(23)14(3)22-13(2)19(15-8-6-5-7-9-15)27-17-12-16(21)10-11-18(17)28(22,24)25/h5-14,19H,4H2,1-3H3/t13-,14-,19-/m1/s1. The molecule has 0 aromatic heterocycles. The zero-order chi connectivity index (χ0) is 20.5. The van der Waals surface area contributed by atoms with E-state index in [1.54, 1.807) is 26.0 Å². The molecule has 0 N–H and O–H groups in total. The number of benzene rings is 2. The minimum Gasteiger partial charge on any atom is -0.483 e. The first-order valence-electron chi connectivity index (χ1n) is 8.98. The van der Waals surface area contributed by atoms with E-state index in [2.05, 4.69) is 15.9 Å². The summed E-state index contributed by atoms with van der Waals surface area (Å²) in [6, 6.07) is 12.5. The van der Waals surface area contributed by atoms with E-state index in [1.807, 2.05) is 30.3 Å². The number of ether oxygens (including phenoxy) is 2. The molecule has 0 bridgehead atoms. The Kier molecular flexibility index (Phi) is 6.12. The highest BCUT2D eigenvalue weighted by molar-refractivity contribution is 9.10. The lowest BCUT2D eigenvalue weighted by atomic mass is 10.0. The molecule has 1 heterocycles. The number of hydrogen-bond acceptors (Lipinski definition) is 5. The third kappa shape index (κ3) is 3.81. The monoisotopic (exact) mass is 467 g/mol. The van der Waals surface area contributed by atoms with Gasteiger partial charge in [-0.25, -0.2) is 8.42 Å². The predicted octanol–water partition coefficient (Wildman–Crippen LogP) is 3.91. The van der Waals surface area contributed by atoms with Crippen LogP contribution in [-0.2, 0) is 19.6 Å². The topological polar surface area (TPSA) is 72.9 Å². The smallest absolute Gasteiger partial charge is 0.324 e. The molecule has 150 valence electrons. The van der Waals surface area contributed by atoms with Crippen LogP contribution in [0.2, 0.25) is 0 Å². The van der Waals surface area contributed by atoms with Crippen molar-refractivity contribution < 1.29 is 22.7 Å². The Bertz CT molecular complexity index is 964. The highest BCUT2D eigenvalue weighted by Gasteiger charge is 2.45. The molecule has 0 aliphatic carbocycles. The molecule has 1 aliphatic heterocycles. The van der Waals surface area contributed by atoms with Gasteiger partial charge >= 0.3 is 5.97 Å². The first-order valence-corrected chi connectivity index (χ1v) is 11.2. The van der Waals surface area contributed by atoms with Crippen LogP contribution in [0.4, 0.5) is 0 Å². The minimum absolute atomic E-state index is 0.0251. The average molecular weight is 468 g/mol. The fourth-order valence-corrected chi connectivity index (χ4v) is 5.62. The van der Waals surface area contributed by atoms with E-state index in [-0.39, 0.29) is 17.3 Å². The van der Waals surface area contributed by atoms with Crippen molar-refractivity contribution in [3.63, 3.8) is 0 Å². The molecule has 0 saturated heterocycles. The lowest BCUT2D eigenvalue weighted by molar-refractivity contribution is -0.148. The van der Waals surface area contributed by atoms with Gasteiger partial charge in [-0.3, -0.25) is 4.79 Å². The number of hydrogen-bond donors (Lipinski definition) is 0. The van der Waals surface area contributed by atoms with Gasteiger partial charge in [0.15, 0.2) is 0 Å². The highest BCUT2D eigenvalue weighted by Crippen LogP contribution is 2.41. The normalized spacial score (nSPS) is 22.4. The van der Waals surface area contributed by atoms with Crippen LogP contribution < -0.4 is 4.74 Å². The first-order chi connectivity index (χ1) is 13.3. The summed E-state index contributed by atoms with van der Waals surface area (Å²) in [7, 11) is -4.00. The van der Waals surface area contributed by atoms with Crippen molar-refractivity contribution in [2.24, 2.45) is 0 Å². The van der Waals surface area contributed by atoms with Gasteiger partial charge in [-0.2, -0.15) is 4.31 Å². The molecular weight excluding hydrogens is 446 g/mol. The number of rotatable bonds is 4. The molecule has 0 amide bonds. The van der Waals surface area contributed by atoms with Crippen molar-refractivity contribution in [1.82, 2.24) is 4.31 Å². The first kappa shape index (κ1) is 20.8. The molecule has 2 aromatic rings. The summed E-state index contributed by atoms with van der Waals surface area (Å²) < 4.78 is 40.2. The van der Waals surface area contributed by atoms with Gasteiger partial charge in [0.25, 0.3) is 0 Å². The van der Waals surface area contributed by atoms with Gasteiger partial charge in [-0.1, -0.05) is 46.3 Å². The van der Waals surface area contributed by atoms with Crippen LogP contribution in [-0.4, -0.2) is 37.4 Å². The summed E-state index contributed by atoms with van der Waals surface area (Å²) in [5.74, 6) is -0.348. The largest absolute Gasteiger partial charge is 0.483 e. The van der Waals surface area contributed by atoms with Gasteiger partial charge in [0.05, 0.1) is 12.6 Å². The molecule has 0 unspecified atom stereocenters.